The molecule has 1 aromatic carbocycles. The minimum absolute atomic E-state index is 0.0613. The van der Waals surface area contributed by atoms with Gasteiger partial charge >= 0.3 is 5.97 Å². The van der Waals surface area contributed by atoms with Gasteiger partial charge in [0.1, 0.15) is 0 Å². The van der Waals surface area contributed by atoms with E-state index in [9.17, 15) is 18.0 Å². The van der Waals surface area contributed by atoms with E-state index in [1.807, 2.05) is 12.1 Å². The van der Waals surface area contributed by atoms with Gasteiger partial charge in [0.15, 0.2) is 16.4 Å². The highest BCUT2D eigenvalue weighted by Crippen LogP contribution is 2.22. The van der Waals surface area contributed by atoms with Crippen LogP contribution in [0.1, 0.15) is 49.0 Å². The molecule has 1 atom stereocenters. The van der Waals surface area contributed by atoms with Crippen LogP contribution in [0.2, 0.25) is 0 Å². The number of carbonyl (C=O) groups excluding carboxylic acids is 2. The normalized spacial score (nSPS) is 22.3. The van der Waals surface area contributed by atoms with Crippen molar-refractivity contribution < 1.29 is 22.7 Å². The van der Waals surface area contributed by atoms with E-state index in [0.29, 0.717) is 17.9 Å². The lowest BCUT2D eigenvalue weighted by atomic mass is 10.0. The van der Waals surface area contributed by atoms with Crippen LogP contribution in [0.15, 0.2) is 24.3 Å². The molecule has 132 valence electrons. The molecule has 1 aliphatic rings. The molecule has 0 radical (unpaired) electrons. The second-order valence-corrected chi connectivity index (χ2v) is 8.99. The number of rotatable bonds is 5. The summed E-state index contributed by atoms with van der Waals surface area (Å²) in [5.41, 5.74) is 0.697. The van der Waals surface area contributed by atoms with Crippen LogP contribution < -0.4 is 5.32 Å². The zero-order valence-electron chi connectivity index (χ0n) is 14.2. The predicted octanol–water partition coefficient (Wildman–Crippen LogP) is 1.66. The van der Waals surface area contributed by atoms with Crippen molar-refractivity contribution in [2.75, 3.05) is 18.1 Å². The third-order valence-corrected chi connectivity index (χ3v) is 6.00. The lowest BCUT2D eigenvalue weighted by Gasteiger charge is -2.23. The molecule has 0 spiro atoms. The first-order chi connectivity index (χ1) is 11.1. The Morgan fingerprint density at radius 2 is 1.88 bits per heavy atom. The van der Waals surface area contributed by atoms with Crippen LogP contribution in [0.5, 0.6) is 0 Å². The van der Waals surface area contributed by atoms with E-state index in [1.54, 1.807) is 19.1 Å². The number of hydrogen-bond donors (Lipinski definition) is 1. The second kappa shape index (κ2) is 6.93. The molecule has 0 aliphatic carbocycles. The summed E-state index contributed by atoms with van der Waals surface area (Å²) in [7, 11) is -3.11. The average molecular weight is 353 g/mol. The second-order valence-electron chi connectivity index (χ2n) is 6.80. The Kier molecular flexibility index (Phi) is 5.32. The number of nitrogens with one attached hydrogen (secondary N) is 1. The average Bonchev–Trinajstić information content (AvgIpc) is 2.78. The van der Waals surface area contributed by atoms with E-state index < -0.39 is 33.9 Å². The summed E-state index contributed by atoms with van der Waals surface area (Å²) in [6, 6.07) is 7.04. The molecule has 7 heteroatoms. The highest BCUT2D eigenvalue weighted by Gasteiger charge is 2.39. The van der Waals surface area contributed by atoms with Gasteiger partial charge in [-0.25, -0.2) is 13.2 Å². The number of amides is 1. The van der Waals surface area contributed by atoms with Crippen molar-refractivity contribution in [1.82, 2.24) is 5.32 Å². The molecule has 0 unspecified atom stereocenters. The summed E-state index contributed by atoms with van der Waals surface area (Å²) >= 11 is 0. The summed E-state index contributed by atoms with van der Waals surface area (Å²) in [5, 5.41) is 2.65. The number of esters is 1. The van der Waals surface area contributed by atoms with Gasteiger partial charge in [0.05, 0.1) is 22.6 Å². The molecule has 6 nitrogen and oxygen atoms in total. The Morgan fingerprint density at radius 1 is 1.25 bits per heavy atom. The van der Waals surface area contributed by atoms with E-state index in [4.69, 9.17) is 4.74 Å². The predicted molar refractivity (Wildman–Crippen MR) is 90.6 cm³/mol. The van der Waals surface area contributed by atoms with Crippen LogP contribution in [-0.4, -0.2) is 43.9 Å². The summed E-state index contributed by atoms with van der Waals surface area (Å²) in [4.78, 5) is 23.9. The molecule has 1 aromatic rings. The van der Waals surface area contributed by atoms with Gasteiger partial charge in [0, 0.05) is 0 Å². The van der Waals surface area contributed by atoms with Crippen LogP contribution >= 0.6 is 0 Å². The molecule has 0 bridgehead atoms. The van der Waals surface area contributed by atoms with Crippen molar-refractivity contribution in [1.29, 1.82) is 0 Å². The topological polar surface area (TPSA) is 89.5 Å². The Hall–Kier alpha value is -1.89. The van der Waals surface area contributed by atoms with Crippen LogP contribution in [-0.2, 0) is 19.4 Å². The first kappa shape index (κ1) is 18.4. The molecule has 1 saturated heterocycles. The van der Waals surface area contributed by atoms with Gasteiger partial charge < -0.3 is 10.1 Å². The molecule has 1 fully saturated rings. The first-order valence-electron chi connectivity index (χ1n) is 7.89. The van der Waals surface area contributed by atoms with Gasteiger partial charge in [-0.15, -0.1) is 0 Å². The van der Waals surface area contributed by atoms with Gasteiger partial charge in [-0.3, -0.25) is 4.79 Å². The molecule has 2 rings (SSSR count). The third kappa shape index (κ3) is 4.80. The minimum atomic E-state index is -3.11. The number of ether oxygens (including phenoxy) is 1. The van der Waals surface area contributed by atoms with Gasteiger partial charge in [-0.05, 0) is 37.0 Å². The fourth-order valence-electron chi connectivity index (χ4n) is 2.70. The number of benzene rings is 1. The molecule has 24 heavy (non-hydrogen) atoms. The Balaban J connectivity index is 1.86. The van der Waals surface area contributed by atoms with Gasteiger partial charge in [-0.2, -0.15) is 0 Å². The zero-order valence-corrected chi connectivity index (χ0v) is 15.0. The van der Waals surface area contributed by atoms with Crippen LogP contribution in [0.25, 0.3) is 0 Å². The summed E-state index contributed by atoms with van der Waals surface area (Å²) in [5.74, 6) is -0.738. The van der Waals surface area contributed by atoms with E-state index in [-0.39, 0.29) is 11.5 Å². The third-order valence-electron chi connectivity index (χ3n) is 4.09. The molecule has 1 aliphatic heterocycles. The van der Waals surface area contributed by atoms with E-state index in [1.165, 1.54) is 0 Å². The number of sulfone groups is 1. The molecule has 0 saturated carbocycles. The summed E-state index contributed by atoms with van der Waals surface area (Å²) in [6.45, 7) is 5.37. The molecule has 0 aromatic heterocycles. The monoisotopic (exact) mass is 353 g/mol. The van der Waals surface area contributed by atoms with Crippen LogP contribution in [0.3, 0.4) is 0 Å². The lowest BCUT2D eigenvalue weighted by Crippen LogP contribution is -2.48. The summed E-state index contributed by atoms with van der Waals surface area (Å²) in [6.07, 6.45) is 0.367. The van der Waals surface area contributed by atoms with Crippen molar-refractivity contribution >= 4 is 21.7 Å². The van der Waals surface area contributed by atoms with E-state index in [2.05, 4.69) is 19.2 Å². The highest BCUT2D eigenvalue weighted by molar-refractivity contribution is 7.91. The van der Waals surface area contributed by atoms with E-state index in [0.717, 1.165) is 5.56 Å². The van der Waals surface area contributed by atoms with Crippen LogP contribution in [0, 0.1) is 0 Å². The number of carbonyl (C=O) groups is 2. The summed E-state index contributed by atoms with van der Waals surface area (Å²) < 4.78 is 28.0. The molecule has 1 N–H and O–H groups in total. The van der Waals surface area contributed by atoms with Crippen molar-refractivity contribution in [3.63, 3.8) is 0 Å². The van der Waals surface area contributed by atoms with Crippen molar-refractivity contribution in [3.8, 4) is 0 Å². The molecular weight excluding hydrogens is 330 g/mol. The van der Waals surface area contributed by atoms with Crippen LogP contribution in [0.4, 0.5) is 0 Å². The smallest absolute Gasteiger partial charge is 0.338 e. The quantitative estimate of drug-likeness (QED) is 0.813. The van der Waals surface area contributed by atoms with Crippen molar-refractivity contribution in [3.05, 3.63) is 35.4 Å². The highest BCUT2D eigenvalue weighted by atomic mass is 32.2. The van der Waals surface area contributed by atoms with Crippen molar-refractivity contribution in [2.45, 2.75) is 38.6 Å². The largest absolute Gasteiger partial charge is 0.452 e. The maximum Gasteiger partial charge on any atom is 0.338 e. The van der Waals surface area contributed by atoms with Gasteiger partial charge in [0.2, 0.25) is 0 Å². The maximum atomic E-state index is 12.0. The van der Waals surface area contributed by atoms with Gasteiger partial charge in [-0.1, -0.05) is 26.0 Å². The minimum Gasteiger partial charge on any atom is -0.452 e. The molecular formula is C17H23NO5S. The van der Waals surface area contributed by atoms with Gasteiger partial charge in [0.25, 0.3) is 5.91 Å². The Labute approximate surface area is 142 Å². The van der Waals surface area contributed by atoms with Crippen molar-refractivity contribution in [2.24, 2.45) is 0 Å². The standard InChI is InChI=1S/C17H23NO5S/c1-12(2)13-4-6-14(7-5-13)16(20)23-10-15(19)18-17(3)8-9-24(21,22)11-17/h4-7,12H,8-11H2,1-3H3,(H,18,19)/t17-/m0/s1. The fourth-order valence-corrected chi connectivity index (χ4v) is 4.79. The SMILES string of the molecule is CC(C)c1ccc(C(=O)OCC(=O)N[C@@]2(C)CCS(=O)(=O)C2)cc1. The maximum absolute atomic E-state index is 12.0. The lowest BCUT2D eigenvalue weighted by molar-refractivity contribution is -0.125. The van der Waals surface area contributed by atoms with E-state index >= 15 is 0 Å². The first-order valence-corrected chi connectivity index (χ1v) is 9.71. The zero-order chi connectivity index (χ0) is 18.0. The number of hydrogen-bond acceptors (Lipinski definition) is 5. The Morgan fingerprint density at radius 3 is 2.38 bits per heavy atom. The molecule has 1 heterocycles. The molecule has 1 amide bonds. The Bertz CT molecular complexity index is 724. The fraction of sp³-hybridized carbons (Fsp3) is 0.529.